The molecule has 6 heteroatoms. The molecule has 0 fully saturated rings. The Labute approximate surface area is 180 Å². The van der Waals surface area contributed by atoms with E-state index in [-0.39, 0.29) is 0 Å². The van der Waals surface area contributed by atoms with Crippen molar-refractivity contribution in [2.45, 2.75) is 98.8 Å². The van der Waals surface area contributed by atoms with Crippen LogP contribution in [0.15, 0.2) is 0 Å². The van der Waals surface area contributed by atoms with Crippen LogP contribution in [0, 0.1) is 5.92 Å². The van der Waals surface area contributed by atoms with Crippen LogP contribution in [0.3, 0.4) is 0 Å². The molecule has 0 bridgehead atoms. The van der Waals surface area contributed by atoms with Crippen LogP contribution in [-0.4, -0.2) is 43.6 Å². The van der Waals surface area contributed by atoms with Gasteiger partial charge in [-0.15, -0.1) is 0 Å². The number of carbonyl (C=O) groups is 2. The quantitative estimate of drug-likeness (QED) is 0.171. The van der Waals surface area contributed by atoms with Gasteiger partial charge in [-0.1, -0.05) is 0 Å². The van der Waals surface area contributed by atoms with Crippen LogP contribution >= 0.6 is 6.83 Å². The zero-order valence-electron chi connectivity index (χ0n) is 20.1. The molecular weight excluding hydrogens is 383 g/mol. The molecule has 1 atom stereocenters. The number of carbonyl (C=O) groups excluding carboxylic acids is 2. The van der Waals surface area contributed by atoms with Crippen molar-refractivity contribution in [2.75, 3.05) is 31.7 Å². The van der Waals surface area contributed by atoms with Gasteiger partial charge in [0.15, 0.2) is 0 Å². The Morgan fingerprint density at radius 1 is 0.828 bits per heavy atom. The van der Waals surface area contributed by atoms with E-state index in [4.69, 9.17) is 4.52 Å². The Bertz CT molecular complexity index is 447. The molecule has 5 nitrogen and oxygen atoms in total. The van der Waals surface area contributed by atoms with Crippen molar-refractivity contribution in [3.05, 3.63) is 0 Å². The topological polar surface area (TPSA) is 67.4 Å². The molecule has 0 saturated heterocycles. The Morgan fingerprint density at radius 3 is 1.72 bits per heavy atom. The third-order valence-electron chi connectivity index (χ3n) is 6.12. The summed E-state index contributed by atoms with van der Waals surface area (Å²) in [4.78, 5) is 25.2. The summed E-state index contributed by atoms with van der Waals surface area (Å²) in [6.45, 7) is 11.0. The van der Waals surface area contributed by atoms with Crippen molar-refractivity contribution in [2.24, 2.45) is 5.92 Å². The van der Waals surface area contributed by atoms with Crippen molar-refractivity contribution >= 4 is 18.7 Å². The molecule has 0 saturated carbocycles. The number of hydrogen-bond acceptors (Lipinski definition) is 4. The maximum atomic E-state index is 12.7. The molecule has 1 amide bonds. The number of hydrazine groups is 1. The number of amides is 1. The molecule has 0 rings (SSSR count). The molecule has 1 unspecified atom stereocenters. The molecule has 0 spiro atoms. The van der Waals surface area contributed by atoms with Crippen molar-refractivity contribution in [1.82, 2.24) is 10.9 Å². The van der Waals surface area contributed by atoms with E-state index in [0.717, 1.165) is 69.9 Å². The van der Waals surface area contributed by atoms with Crippen LogP contribution < -0.4 is 10.9 Å². The summed E-state index contributed by atoms with van der Waals surface area (Å²) >= 11 is 0. The molecule has 0 aromatic rings. The molecule has 0 heterocycles. The molecular formula is C23H49N2O3P. The Hall–Kier alpha value is -0.670. The molecule has 0 radical (unpaired) electrons. The monoisotopic (exact) mass is 432 g/mol. The van der Waals surface area contributed by atoms with Gasteiger partial charge in [0.1, 0.15) is 0 Å². The first kappa shape index (κ1) is 28.3. The number of unbranched alkanes of at least 4 members (excludes halogenated alkanes) is 4. The van der Waals surface area contributed by atoms with Gasteiger partial charge >= 0.3 is 180 Å². The van der Waals surface area contributed by atoms with Gasteiger partial charge in [-0.25, -0.2) is 0 Å². The van der Waals surface area contributed by atoms with Gasteiger partial charge < -0.3 is 0 Å². The van der Waals surface area contributed by atoms with Crippen molar-refractivity contribution in [3.63, 3.8) is 0 Å². The maximum absolute atomic E-state index is 12.7. The molecule has 2 N–H and O–H groups in total. The van der Waals surface area contributed by atoms with Crippen LogP contribution in [0.25, 0.3) is 0 Å². The summed E-state index contributed by atoms with van der Waals surface area (Å²) < 4.78 is 6.18. The molecule has 0 aliphatic carbocycles. The normalized spacial score (nSPS) is 14.1. The predicted molar refractivity (Wildman–Crippen MR) is 128 cm³/mol. The summed E-state index contributed by atoms with van der Waals surface area (Å²) in [5.74, 6) is -0.853. The molecule has 29 heavy (non-hydrogen) atoms. The fourth-order valence-corrected chi connectivity index (χ4v) is 9.03. The minimum atomic E-state index is -2.70. The second-order valence-corrected chi connectivity index (χ2v) is 15.0. The average Bonchev–Trinajstić information content (AvgIpc) is 2.72. The third-order valence-corrected chi connectivity index (χ3v) is 11.6. The third kappa shape index (κ3) is 11.3. The second kappa shape index (κ2) is 15.2. The molecule has 0 aliphatic heterocycles. The zero-order chi connectivity index (χ0) is 22.2. The van der Waals surface area contributed by atoms with Crippen LogP contribution in [0.4, 0.5) is 0 Å². The van der Waals surface area contributed by atoms with Crippen LogP contribution in [-0.2, 0) is 14.1 Å². The molecule has 0 aliphatic rings. The van der Waals surface area contributed by atoms with Gasteiger partial charge in [0.2, 0.25) is 0 Å². The first-order chi connectivity index (χ1) is 13.8. The van der Waals surface area contributed by atoms with Crippen LogP contribution in [0.5, 0.6) is 0 Å². The molecule has 0 aromatic carbocycles. The van der Waals surface area contributed by atoms with Gasteiger partial charge in [-0.3, -0.25) is 0 Å². The van der Waals surface area contributed by atoms with Crippen LogP contribution in [0.2, 0.25) is 0 Å². The standard InChI is InChI=1S/C23H49N2O3P/c1-7-12-16-21(11-5)20-24-25-22(26)23(27)28-29(6,17-13-8-2,18-14-9-3)19-15-10-4/h21,24H,7-20H2,1-6H3,(H,25,26). The SMILES string of the molecule is CCCCC(CC)CNNC(=O)C(=O)OP(C)(CCCC)(CCCC)CCCC. The van der Waals surface area contributed by atoms with Gasteiger partial charge in [0, 0.05) is 0 Å². The van der Waals surface area contributed by atoms with Crippen LogP contribution in [0.1, 0.15) is 98.8 Å². The Kier molecular flexibility index (Phi) is 14.8. The Morgan fingerprint density at radius 2 is 1.31 bits per heavy atom. The first-order valence-corrected chi connectivity index (χ1v) is 15.2. The molecule has 174 valence electrons. The van der Waals surface area contributed by atoms with E-state index in [1.807, 2.05) is 0 Å². The summed E-state index contributed by atoms with van der Waals surface area (Å²) in [5.41, 5.74) is 5.56. The van der Waals surface area contributed by atoms with E-state index >= 15 is 0 Å². The summed E-state index contributed by atoms with van der Waals surface area (Å²) in [5, 5.41) is 0. The predicted octanol–water partition coefficient (Wildman–Crippen LogP) is 5.87. The van der Waals surface area contributed by atoms with E-state index in [2.05, 4.69) is 52.1 Å². The van der Waals surface area contributed by atoms with E-state index in [0.29, 0.717) is 12.5 Å². The van der Waals surface area contributed by atoms with Gasteiger partial charge in [0.05, 0.1) is 0 Å². The average molecular weight is 433 g/mol. The van der Waals surface area contributed by atoms with E-state index in [1.54, 1.807) is 0 Å². The summed E-state index contributed by atoms with van der Waals surface area (Å²) in [7, 11) is 0. The first-order valence-electron chi connectivity index (χ1n) is 12.1. The zero-order valence-corrected chi connectivity index (χ0v) is 21.0. The van der Waals surface area contributed by atoms with Gasteiger partial charge in [-0.05, 0) is 0 Å². The van der Waals surface area contributed by atoms with Crippen molar-refractivity contribution < 1.29 is 14.1 Å². The Balaban J connectivity index is 5.01. The van der Waals surface area contributed by atoms with E-state index in [1.165, 1.54) is 12.8 Å². The van der Waals surface area contributed by atoms with Crippen molar-refractivity contribution in [3.8, 4) is 0 Å². The number of hydrogen-bond donors (Lipinski definition) is 2. The van der Waals surface area contributed by atoms with E-state index in [9.17, 15) is 9.59 Å². The number of nitrogens with one attached hydrogen (secondary N) is 2. The van der Waals surface area contributed by atoms with E-state index < -0.39 is 18.7 Å². The van der Waals surface area contributed by atoms with Crippen molar-refractivity contribution in [1.29, 1.82) is 0 Å². The van der Waals surface area contributed by atoms with Gasteiger partial charge in [-0.2, -0.15) is 0 Å². The fraction of sp³-hybridized carbons (Fsp3) is 0.913. The number of rotatable bonds is 17. The molecule has 0 aromatic heterocycles. The summed E-state index contributed by atoms with van der Waals surface area (Å²) in [6, 6.07) is 0. The second-order valence-electron chi connectivity index (χ2n) is 9.05. The summed E-state index contributed by atoms with van der Waals surface area (Å²) in [6.07, 6.45) is 13.7. The minimum absolute atomic E-state index is 0.510. The fourth-order valence-electron chi connectivity index (χ4n) is 3.86. The van der Waals surface area contributed by atoms with Gasteiger partial charge in [0.25, 0.3) is 0 Å².